The molecule has 0 unspecified atom stereocenters. The van der Waals surface area contributed by atoms with E-state index in [-0.39, 0.29) is 0 Å². The normalized spacial score (nSPS) is 10.4. The summed E-state index contributed by atoms with van der Waals surface area (Å²) in [6.45, 7) is 0. The van der Waals surface area contributed by atoms with Gasteiger partial charge in [0, 0.05) is 11.8 Å². The van der Waals surface area contributed by atoms with Gasteiger partial charge in [-0.25, -0.2) is 15.0 Å². The zero-order valence-corrected chi connectivity index (χ0v) is 9.45. The minimum atomic E-state index is 0.362. The van der Waals surface area contributed by atoms with Crippen LogP contribution < -0.4 is 5.73 Å². The van der Waals surface area contributed by atoms with E-state index in [0.29, 0.717) is 23.3 Å². The molecule has 2 aromatic heterocycles. The second kappa shape index (κ2) is 4.29. The van der Waals surface area contributed by atoms with Crippen molar-refractivity contribution in [3.05, 3.63) is 48.8 Å². The summed E-state index contributed by atoms with van der Waals surface area (Å²) in [6, 6.07) is 11.3. The Hall–Kier alpha value is -2.69. The molecule has 0 aliphatic rings. The van der Waals surface area contributed by atoms with Gasteiger partial charge >= 0.3 is 0 Å². The van der Waals surface area contributed by atoms with Gasteiger partial charge < -0.3 is 10.2 Å². The molecule has 0 fully saturated rings. The van der Waals surface area contributed by atoms with E-state index in [1.165, 1.54) is 0 Å². The van der Waals surface area contributed by atoms with Crippen molar-refractivity contribution < 1.29 is 4.42 Å². The van der Waals surface area contributed by atoms with Crippen LogP contribution in [0.5, 0.6) is 0 Å². The fourth-order valence-electron chi connectivity index (χ4n) is 1.59. The highest BCUT2D eigenvalue weighted by molar-refractivity contribution is 5.58. The summed E-state index contributed by atoms with van der Waals surface area (Å²) in [5.41, 5.74) is 6.55. The van der Waals surface area contributed by atoms with Gasteiger partial charge in [-0.05, 0) is 6.07 Å². The van der Waals surface area contributed by atoms with Crippen LogP contribution in [-0.4, -0.2) is 15.0 Å². The van der Waals surface area contributed by atoms with Gasteiger partial charge in [0.2, 0.25) is 5.82 Å². The van der Waals surface area contributed by atoms with Gasteiger partial charge in [0.05, 0.1) is 6.20 Å². The van der Waals surface area contributed by atoms with Crippen molar-refractivity contribution >= 4 is 5.82 Å². The summed E-state index contributed by atoms with van der Waals surface area (Å²) in [6.07, 6.45) is 3.22. The van der Waals surface area contributed by atoms with E-state index in [1.54, 1.807) is 18.5 Å². The van der Waals surface area contributed by atoms with Crippen molar-refractivity contribution in [3.63, 3.8) is 0 Å². The Balaban J connectivity index is 2.00. The maximum absolute atomic E-state index is 5.62. The minimum Gasteiger partial charge on any atom is -0.434 e. The van der Waals surface area contributed by atoms with Crippen LogP contribution >= 0.6 is 0 Å². The van der Waals surface area contributed by atoms with Crippen LogP contribution in [0.4, 0.5) is 5.82 Å². The lowest BCUT2D eigenvalue weighted by Gasteiger charge is -1.96. The van der Waals surface area contributed by atoms with E-state index in [4.69, 9.17) is 10.2 Å². The highest BCUT2D eigenvalue weighted by atomic mass is 16.4. The molecule has 0 saturated carbocycles. The van der Waals surface area contributed by atoms with E-state index < -0.39 is 0 Å². The third-order valence-electron chi connectivity index (χ3n) is 2.43. The maximum Gasteiger partial charge on any atom is 0.265 e. The number of hydrogen-bond acceptors (Lipinski definition) is 5. The fourth-order valence-corrected chi connectivity index (χ4v) is 1.59. The second-order valence-corrected chi connectivity index (χ2v) is 3.70. The number of nitrogens with two attached hydrogens (primary N) is 1. The Bertz CT molecular complexity index is 664. The Morgan fingerprint density at radius 3 is 2.61 bits per heavy atom. The smallest absolute Gasteiger partial charge is 0.265 e. The van der Waals surface area contributed by atoms with Crippen molar-refractivity contribution in [2.45, 2.75) is 0 Å². The molecule has 18 heavy (non-hydrogen) atoms. The largest absolute Gasteiger partial charge is 0.434 e. The summed E-state index contributed by atoms with van der Waals surface area (Å²) >= 11 is 0. The van der Waals surface area contributed by atoms with Crippen LogP contribution in [0.1, 0.15) is 0 Å². The molecule has 0 aliphatic heterocycles. The van der Waals surface area contributed by atoms with Crippen LogP contribution in [0.3, 0.4) is 0 Å². The first kappa shape index (κ1) is 10.5. The average molecular weight is 238 g/mol. The van der Waals surface area contributed by atoms with Gasteiger partial charge in [-0.2, -0.15) is 0 Å². The van der Waals surface area contributed by atoms with Crippen LogP contribution in [-0.2, 0) is 0 Å². The standard InChI is InChI=1S/C13H10N4O/c14-11-6-7-15-12(17-11)13-16-8-10(18-13)9-4-2-1-3-5-9/h1-8H,(H2,14,15,17). The average Bonchev–Trinajstić information content (AvgIpc) is 2.89. The van der Waals surface area contributed by atoms with Gasteiger partial charge in [0.15, 0.2) is 5.76 Å². The lowest BCUT2D eigenvalue weighted by Crippen LogP contribution is -1.94. The molecule has 0 saturated heterocycles. The number of nitrogens with zero attached hydrogens (tertiary/aromatic N) is 3. The molecule has 5 heteroatoms. The molecule has 0 radical (unpaired) electrons. The maximum atomic E-state index is 5.62. The topological polar surface area (TPSA) is 77.8 Å². The SMILES string of the molecule is Nc1ccnc(-c2ncc(-c3ccccc3)o2)n1. The lowest BCUT2D eigenvalue weighted by atomic mass is 10.2. The van der Waals surface area contributed by atoms with Crippen molar-refractivity contribution in [1.29, 1.82) is 0 Å². The summed E-state index contributed by atoms with van der Waals surface area (Å²) in [7, 11) is 0. The van der Waals surface area contributed by atoms with Crippen LogP contribution in [0.2, 0.25) is 0 Å². The summed E-state index contributed by atoms with van der Waals surface area (Å²) in [5, 5.41) is 0. The third kappa shape index (κ3) is 1.93. The quantitative estimate of drug-likeness (QED) is 0.741. The summed E-state index contributed by atoms with van der Waals surface area (Å²) < 4.78 is 5.62. The van der Waals surface area contributed by atoms with E-state index in [9.17, 15) is 0 Å². The molecule has 0 bridgehead atoms. The van der Waals surface area contributed by atoms with Crippen molar-refractivity contribution in [2.24, 2.45) is 0 Å². The molecule has 2 N–H and O–H groups in total. The predicted octanol–water partition coefficient (Wildman–Crippen LogP) is 2.38. The number of nitrogen functional groups attached to an aromatic ring is 1. The monoisotopic (exact) mass is 238 g/mol. The number of rotatable bonds is 2. The molecule has 88 valence electrons. The van der Waals surface area contributed by atoms with Crippen LogP contribution in [0.25, 0.3) is 23.0 Å². The molecule has 3 rings (SSSR count). The van der Waals surface area contributed by atoms with Gasteiger partial charge in [-0.1, -0.05) is 30.3 Å². The zero-order chi connectivity index (χ0) is 12.4. The van der Waals surface area contributed by atoms with Crippen LogP contribution in [0, 0.1) is 0 Å². The zero-order valence-electron chi connectivity index (χ0n) is 9.45. The Morgan fingerprint density at radius 2 is 1.83 bits per heavy atom. The van der Waals surface area contributed by atoms with Gasteiger partial charge in [0.1, 0.15) is 5.82 Å². The van der Waals surface area contributed by atoms with Crippen molar-refractivity contribution in [3.8, 4) is 23.0 Å². The van der Waals surface area contributed by atoms with E-state index in [2.05, 4.69) is 15.0 Å². The van der Waals surface area contributed by atoms with E-state index >= 15 is 0 Å². The lowest BCUT2D eigenvalue weighted by molar-refractivity contribution is 0.583. The van der Waals surface area contributed by atoms with E-state index in [1.807, 2.05) is 30.3 Å². The number of benzene rings is 1. The molecule has 2 heterocycles. The first-order valence-corrected chi connectivity index (χ1v) is 5.43. The number of anilines is 1. The molecular weight excluding hydrogens is 228 g/mol. The third-order valence-corrected chi connectivity index (χ3v) is 2.43. The Labute approximate surface area is 103 Å². The second-order valence-electron chi connectivity index (χ2n) is 3.70. The van der Waals surface area contributed by atoms with Gasteiger partial charge in [-0.15, -0.1) is 0 Å². The molecule has 1 aromatic carbocycles. The molecule has 0 atom stereocenters. The molecular formula is C13H10N4O. The predicted molar refractivity (Wildman–Crippen MR) is 67.4 cm³/mol. The molecule has 0 aliphatic carbocycles. The summed E-state index contributed by atoms with van der Waals surface area (Å²) in [4.78, 5) is 12.3. The van der Waals surface area contributed by atoms with E-state index in [0.717, 1.165) is 5.56 Å². The van der Waals surface area contributed by atoms with Crippen molar-refractivity contribution in [2.75, 3.05) is 5.73 Å². The molecule has 0 amide bonds. The Kier molecular flexibility index (Phi) is 2.49. The number of aromatic nitrogens is 3. The number of hydrogen-bond donors (Lipinski definition) is 1. The van der Waals surface area contributed by atoms with Gasteiger partial charge in [0.25, 0.3) is 5.89 Å². The first-order chi connectivity index (χ1) is 8.83. The highest BCUT2D eigenvalue weighted by Crippen LogP contribution is 2.23. The van der Waals surface area contributed by atoms with Crippen LogP contribution in [0.15, 0.2) is 53.2 Å². The summed E-state index contributed by atoms with van der Waals surface area (Å²) in [5.74, 6) is 1.81. The molecule has 5 nitrogen and oxygen atoms in total. The number of oxazole rings is 1. The minimum absolute atomic E-state index is 0.362. The Morgan fingerprint density at radius 1 is 1.00 bits per heavy atom. The first-order valence-electron chi connectivity index (χ1n) is 5.43. The highest BCUT2D eigenvalue weighted by Gasteiger charge is 2.10. The van der Waals surface area contributed by atoms with Crippen molar-refractivity contribution in [1.82, 2.24) is 15.0 Å². The fraction of sp³-hybridized carbons (Fsp3) is 0. The molecule has 3 aromatic rings. The molecule has 0 spiro atoms. The van der Waals surface area contributed by atoms with Gasteiger partial charge in [-0.3, -0.25) is 0 Å².